The van der Waals surface area contributed by atoms with Crippen LogP contribution in [-0.4, -0.2) is 36.6 Å². The van der Waals surface area contributed by atoms with Crippen molar-refractivity contribution in [3.63, 3.8) is 0 Å². The summed E-state index contributed by atoms with van der Waals surface area (Å²) < 4.78 is 0. The standard InChI is InChI=1S/C14H18N6/c15-11-14(17-7-8-18-19-16)6-9-20(12-14)10-13-4-2-1-3-5-13/h1-5,17H,6-10,12H2. The molecule has 0 aliphatic carbocycles. The Bertz CT molecular complexity index is 516. The summed E-state index contributed by atoms with van der Waals surface area (Å²) >= 11 is 0. The molecular weight excluding hydrogens is 252 g/mol. The Labute approximate surface area is 118 Å². The van der Waals surface area contributed by atoms with Crippen molar-refractivity contribution < 1.29 is 0 Å². The van der Waals surface area contributed by atoms with Gasteiger partial charge in [0.1, 0.15) is 5.54 Å². The molecule has 2 rings (SSSR count). The van der Waals surface area contributed by atoms with Crippen molar-refractivity contribution in [3.8, 4) is 6.07 Å². The molecule has 6 nitrogen and oxygen atoms in total. The number of hydrogen-bond acceptors (Lipinski definition) is 4. The van der Waals surface area contributed by atoms with Gasteiger partial charge in [-0.15, -0.1) is 0 Å². The fourth-order valence-electron chi connectivity index (χ4n) is 2.53. The smallest absolute Gasteiger partial charge is 0.120 e. The lowest BCUT2D eigenvalue weighted by molar-refractivity contribution is 0.304. The third-order valence-electron chi connectivity index (χ3n) is 3.55. The molecule has 1 aliphatic heterocycles. The average Bonchev–Trinajstić information content (AvgIpc) is 2.89. The van der Waals surface area contributed by atoms with Crippen LogP contribution in [0.4, 0.5) is 0 Å². The lowest BCUT2D eigenvalue weighted by Crippen LogP contribution is -2.47. The second-order valence-corrected chi connectivity index (χ2v) is 5.02. The molecule has 1 aromatic carbocycles. The van der Waals surface area contributed by atoms with Gasteiger partial charge >= 0.3 is 0 Å². The zero-order valence-electron chi connectivity index (χ0n) is 11.4. The number of nitrogens with zero attached hydrogens (tertiary/aromatic N) is 5. The number of azide groups is 1. The fraction of sp³-hybridized carbons (Fsp3) is 0.500. The van der Waals surface area contributed by atoms with E-state index in [-0.39, 0.29) is 0 Å². The number of benzene rings is 1. The first-order chi connectivity index (χ1) is 9.78. The van der Waals surface area contributed by atoms with Crippen LogP contribution in [0.1, 0.15) is 12.0 Å². The minimum atomic E-state index is -0.514. The summed E-state index contributed by atoms with van der Waals surface area (Å²) in [5.74, 6) is 0. The van der Waals surface area contributed by atoms with Gasteiger partial charge in [-0.3, -0.25) is 10.2 Å². The van der Waals surface area contributed by atoms with Gasteiger partial charge < -0.3 is 0 Å². The van der Waals surface area contributed by atoms with Gasteiger partial charge in [-0.2, -0.15) is 5.26 Å². The number of likely N-dealkylation sites (tertiary alicyclic amines) is 1. The Hall–Kier alpha value is -2.06. The molecule has 1 saturated heterocycles. The van der Waals surface area contributed by atoms with Crippen molar-refractivity contribution in [1.29, 1.82) is 5.26 Å². The largest absolute Gasteiger partial charge is 0.298 e. The molecule has 20 heavy (non-hydrogen) atoms. The molecule has 0 amide bonds. The summed E-state index contributed by atoms with van der Waals surface area (Å²) in [6.45, 7) is 3.38. The normalized spacial score (nSPS) is 22.1. The predicted molar refractivity (Wildman–Crippen MR) is 76.7 cm³/mol. The minimum absolute atomic E-state index is 0.374. The van der Waals surface area contributed by atoms with Crippen LogP contribution in [0.3, 0.4) is 0 Å². The van der Waals surface area contributed by atoms with Crippen molar-refractivity contribution in [1.82, 2.24) is 10.2 Å². The summed E-state index contributed by atoms with van der Waals surface area (Å²) in [6.07, 6.45) is 0.798. The van der Waals surface area contributed by atoms with Gasteiger partial charge in [-0.25, -0.2) is 0 Å². The molecule has 1 N–H and O–H groups in total. The molecule has 1 fully saturated rings. The van der Waals surface area contributed by atoms with E-state index in [9.17, 15) is 5.26 Å². The Balaban J connectivity index is 1.88. The molecule has 0 bridgehead atoms. The lowest BCUT2D eigenvalue weighted by Gasteiger charge is -2.23. The lowest BCUT2D eigenvalue weighted by atomic mass is 10.0. The third kappa shape index (κ3) is 3.72. The molecule has 104 valence electrons. The van der Waals surface area contributed by atoms with Crippen molar-refractivity contribution >= 4 is 0 Å². The number of nitrogens with one attached hydrogen (secondary N) is 1. The van der Waals surface area contributed by atoms with E-state index in [4.69, 9.17) is 5.53 Å². The molecule has 1 atom stereocenters. The van der Waals surface area contributed by atoms with Crippen LogP contribution in [0.5, 0.6) is 0 Å². The second-order valence-electron chi connectivity index (χ2n) is 5.02. The molecule has 1 unspecified atom stereocenters. The maximum Gasteiger partial charge on any atom is 0.120 e. The topological polar surface area (TPSA) is 87.8 Å². The Morgan fingerprint density at radius 1 is 1.45 bits per heavy atom. The van der Waals surface area contributed by atoms with E-state index < -0.39 is 5.54 Å². The highest BCUT2D eigenvalue weighted by atomic mass is 15.2. The summed E-state index contributed by atoms with van der Waals surface area (Å²) in [5.41, 5.74) is 8.99. The SMILES string of the molecule is N#CC1(NCCN=[N+]=[N-])CCN(Cc2ccccc2)C1. The summed E-state index contributed by atoms with van der Waals surface area (Å²) in [7, 11) is 0. The van der Waals surface area contributed by atoms with Gasteiger partial charge in [0.2, 0.25) is 0 Å². The molecule has 1 heterocycles. The highest BCUT2D eigenvalue weighted by Crippen LogP contribution is 2.22. The monoisotopic (exact) mass is 270 g/mol. The van der Waals surface area contributed by atoms with E-state index in [0.29, 0.717) is 19.6 Å². The summed E-state index contributed by atoms with van der Waals surface area (Å²) in [6, 6.07) is 12.6. The number of hydrogen-bond donors (Lipinski definition) is 1. The number of rotatable bonds is 6. The highest BCUT2D eigenvalue weighted by molar-refractivity contribution is 5.17. The first kappa shape index (κ1) is 14.4. The summed E-state index contributed by atoms with van der Waals surface area (Å²) in [5, 5.41) is 16.1. The first-order valence-corrected chi connectivity index (χ1v) is 6.71. The third-order valence-corrected chi connectivity index (χ3v) is 3.55. The van der Waals surface area contributed by atoms with E-state index >= 15 is 0 Å². The molecule has 0 radical (unpaired) electrons. The van der Waals surface area contributed by atoms with E-state index in [1.807, 2.05) is 18.2 Å². The zero-order chi connectivity index (χ0) is 14.3. The van der Waals surface area contributed by atoms with E-state index in [2.05, 4.69) is 38.4 Å². The van der Waals surface area contributed by atoms with Crippen LogP contribution >= 0.6 is 0 Å². The number of nitriles is 1. The van der Waals surface area contributed by atoms with Crippen molar-refractivity contribution in [2.75, 3.05) is 26.2 Å². The van der Waals surface area contributed by atoms with Crippen molar-refractivity contribution in [2.24, 2.45) is 5.11 Å². The van der Waals surface area contributed by atoms with Gasteiger partial charge in [0, 0.05) is 37.6 Å². The molecule has 0 aromatic heterocycles. The Morgan fingerprint density at radius 3 is 2.95 bits per heavy atom. The second kappa shape index (κ2) is 6.92. The van der Waals surface area contributed by atoms with Gasteiger partial charge in [0.25, 0.3) is 0 Å². The zero-order valence-corrected chi connectivity index (χ0v) is 11.4. The quantitative estimate of drug-likeness (QED) is 0.371. The van der Waals surface area contributed by atoms with Crippen LogP contribution in [-0.2, 0) is 6.54 Å². The molecule has 1 aromatic rings. The van der Waals surface area contributed by atoms with Gasteiger partial charge in [0.05, 0.1) is 6.07 Å². The Morgan fingerprint density at radius 2 is 2.25 bits per heavy atom. The maximum atomic E-state index is 9.41. The van der Waals surface area contributed by atoms with Crippen molar-refractivity contribution in [2.45, 2.75) is 18.5 Å². The molecule has 6 heteroatoms. The van der Waals surface area contributed by atoms with Crippen LogP contribution in [0.25, 0.3) is 10.4 Å². The minimum Gasteiger partial charge on any atom is -0.298 e. The predicted octanol–water partition coefficient (Wildman–Crippen LogP) is 2.05. The fourth-order valence-corrected chi connectivity index (χ4v) is 2.53. The van der Waals surface area contributed by atoms with Crippen molar-refractivity contribution in [3.05, 3.63) is 46.3 Å². The molecule has 0 saturated carbocycles. The van der Waals surface area contributed by atoms with Crippen LogP contribution < -0.4 is 5.32 Å². The van der Waals surface area contributed by atoms with Gasteiger partial charge in [-0.05, 0) is 17.5 Å². The molecule has 1 aliphatic rings. The molecule has 0 spiro atoms. The molecular formula is C14H18N6. The maximum absolute atomic E-state index is 9.41. The van der Waals surface area contributed by atoms with E-state index in [0.717, 1.165) is 19.5 Å². The van der Waals surface area contributed by atoms with E-state index in [1.165, 1.54) is 5.56 Å². The van der Waals surface area contributed by atoms with E-state index in [1.54, 1.807) is 0 Å². The van der Waals surface area contributed by atoms with Gasteiger partial charge in [0.15, 0.2) is 0 Å². The van der Waals surface area contributed by atoms with Crippen LogP contribution in [0, 0.1) is 11.3 Å². The Kier molecular flexibility index (Phi) is 4.97. The van der Waals surface area contributed by atoms with Crippen LogP contribution in [0.15, 0.2) is 35.4 Å². The summed E-state index contributed by atoms with van der Waals surface area (Å²) in [4.78, 5) is 4.99. The van der Waals surface area contributed by atoms with Crippen LogP contribution in [0.2, 0.25) is 0 Å². The van der Waals surface area contributed by atoms with Gasteiger partial charge in [-0.1, -0.05) is 35.4 Å². The highest BCUT2D eigenvalue weighted by Gasteiger charge is 2.37. The average molecular weight is 270 g/mol. The first-order valence-electron chi connectivity index (χ1n) is 6.71.